The number of rotatable bonds is 4. The molecule has 1 heterocycles. The Kier molecular flexibility index (Phi) is 2.71. The molecule has 0 aliphatic heterocycles. The van der Waals surface area contributed by atoms with Gasteiger partial charge in [0.15, 0.2) is 0 Å². The smallest absolute Gasteiger partial charge is 0.0629 e. The van der Waals surface area contributed by atoms with Crippen LogP contribution < -0.4 is 0 Å². The molecule has 1 heteroatoms. The van der Waals surface area contributed by atoms with Gasteiger partial charge in [-0.1, -0.05) is 50.9 Å². The van der Waals surface area contributed by atoms with Gasteiger partial charge in [0, 0.05) is 16.8 Å². The maximum Gasteiger partial charge on any atom is 0.0629 e. The van der Waals surface area contributed by atoms with Crippen LogP contribution in [0, 0.1) is 6.92 Å². The second-order valence-corrected chi connectivity index (χ2v) is 4.45. The van der Waals surface area contributed by atoms with Gasteiger partial charge in [0.25, 0.3) is 0 Å². The van der Waals surface area contributed by atoms with E-state index in [1.165, 1.54) is 0 Å². The number of aryl methyl sites for hydroxylation is 3. The summed E-state index contributed by atoms with van der Waals surface area (Å²) in [6.07, 6.45) is 3.79. The number of aromatic nitrogens is 1. The molecule has 0 aliphatic carbocycles. The van der Waals surface area contributed by atoms with Crippen molar-refractivity contribution in [3.05, 3.63) is 41.1 Å². The van der Waals surface area contributed by atoms with Crippen LogP contribution >= 0.6 is 0 Å². The quantitative estimate of drug-likeness (QED) is 0.756. The molecule has 0 aliphatic rings. The van der Waals surface area contributed by atoms with E-state index in [0.29, 0.717) is 0 Å². The Balaban J connectivity index is 2.89. The molecule has 0 N–H and O–H groups in total. The van der Waals surface area contributed by atoms with Crippen LogP contribution in [0.2, 0.25) is 0 Å². The normalized spacial score (nSPS) is 13.5. The van der Waals surface area contributed by atoms with Crippen LogP contribution in [0.3, 0.4) is 0 Å². The lowest BCUT2D eigenvalue weighted by Gasteiger charge is -2.13. The number of hydrogen-bond donors (Lipinski definition) is 0. The van der Waals surface area contributed by atoms with Crippen molar-refractivity contribution >= 4 is 10.8 Å². The molecule has 0 amide bonds. The van der Waals surface area contributed by atoms with Gasteiger partial charge < -0.3 is 0 Å². The van der Waals surface area contributed by atoms with Crippen LogP contribution in [0.4, 0.5) is 0 Å². The van der Waals surface area contributed by atoms with Gasteiger partial charge in [-0.15, -0.1) is 0 Å². The van der Waals surface area contributed by atoms with Gasteiger partial charge >= 0.3 is 0 Å². The first-order valence-corrected chi connectivity index (χ1v) is 6.40. The van der Waals surface area contributed by atoms with Gasteiger partial charge in [0.1, 0.15) is 0 Å². The van der Waals surface area contributed by atoms with Gasteiger partial charge in [-0.2, -0.15) is 0 Å². The maximum absolute atomic E-state index is 8.24. The van der Waals surface area contributed by atoms with Crippen LogP contribution in [0.25, 0.3) is 10.8 Å². The molecule has 0 bridgehead atoms. The number of fused-ring (bicyclic) bond motifs is 1. The predicted molar refractivity (Wildman–Crippen MR) is 74.5 cm³/mol. The molecule has 90 valence electrons. The summed E-state index contributed by atoms with van der Waals surface area (Å²) in [5.41, 5.74) is 3.03. The molecule has 17 heavy (non-hydrogen) atoms. The summed E-state index contributed by atoms with van der Waals surface area (Å²) < 4.78 is 24.0. The fourth-order valence-electron chi connectivity index (χ4n) is 2.31. The van der Waals surface area contributed by atoms with E-state index in [9.17, 15) is 0 Å². The summed E-state index contributed by atoms with van der Waals surface area (Å²) in [5, 5.41) is 1.70. The second kappa shape index (κ2) is 5.31. The number of pyridine rings is 1. The summed E-state index contributed by atoms with van der Waals surface area (Å²) in [5.74, 6) is 0. The monoisotopic (exact) mass is 230 g/mol. The molecule has 2 rings (SSSR count). The van der Waals surface area contributed by atoms with Crippen molar-refractivity contribution in [1.82, 2.24) is 4.98 Å². The minimum atomic E-state index is 0.0166. The fraction of sp³-hybridized carbons (Fsp3) is 0.438. The second-order valence-electron chi connectivity index (χ2n) is 4.45. The van der Waals surface area contributed by atoms with Crippen molar-refractivity contribution in [1.29, 1.82) is 0 Å². The third-order valence-electron chi connectivity index (χ3n) is 3.07. The van der Waals surface area contributed by atoms with Gasteiger partial charge in [-0.3, -0.25) is 4.98 Å². The summed E-state index contributed by atoms with van der Waals surface area (Å²) in [6.45, 7) is 6.17. The van der Waals surface area contributed by atoms with Crippen molar-refractivity contribution in [2.24, 2.45) is 0 Å². The molecule has 1 aromatic heterocycles. The summed E-state index contributed by atoms with van der Waals surface area (Å²) >= 11 is 0. The Labute approximate surface area is 108 Å². The van der Waals surface area contributed by atoms with E-state index >= 15 is 0 Å². The Morgan fingerprint density at radius 3 is 2.59 bits per heavy atom. The molecule has 0 saturated heterocycles. The van der Waals surface area contributed by atoms with E-state index in [1.54, 1.807) is 6.07 Å². The summed E-state index contributed by atoms with van der Waals surface area (Å²) in [7, 11) is 0. The van der Waals surface area contributed by atoms with Crippen molar-refractivity contribution < 1.29 is 4.11 Å². The Morgan fingerprint density at radius 1 is 1.12 bits per heavy atom. The van der Waals surface area contributed by atoms with Crippen LogP contribution in [-0.4, -0.2) is 4.98 Å². The zero-order chi connectivity index (χ0) is 14.9. The molecule has 1 aromatic carbocycles. The Morgan fingerprint density at radius 2 is 1.88 bits per heavy atom. The fourth-order valence-corrected chi connectivity index (χ4v) is 2.31. The van der Waals surface area contributed by atoms with Gasteiger partial charge in [0.2, 0.25) is 0 Å². The molecule has 0 atom stereocenters. The summed E-state index contributed by atoms with van der Waals surface area (Å²) in [4.78, 5) is 4.69. The van der Waals surface area contributed by atoms with E-state index in [2.05, 4.69) is 13.8 Å². The third kappa shape index (κ3) is 2.33. The Hall–Kier alpha value is -1.37. The van der Waals surface area contributed by atoms with E-state index in [1.807, 2.05) is 6.92 Å². The zero-order valence-corrected chi connectivity index (χ0v) is 10.9. The summed E-state index contributed by atoms with van der Waals surface area (Å²) in [6, 6.07) is 1.99. The average molecular weight is 230 g/mol. The molecular formula is C16H21N. The van der Waals surface area contributed by atoms with E-state index < -0.39 is 0 Å². The topological polar surface area (TPSA) is 12.9 Å². The SMILES string of the molecule is [2H]c1cc2c(C)nc(CCC)c(CCC)c2c([2H])c1[2H]. The minimum Gasteiger partial charge on any atom is -0.257 e. The molecule has 0 fully saturated rings. The molecule has 1 nitrogen and oxygen atoms in total. The molecule has 0 radical (unpaired) electrons. The van der Waals surface area contributed by atoms with Crippen LogP contribution in [0.15, 0.2) is 24.2 Å². The molecule has 2 aromatic rings. The molecule has 0 spiro atoms. The van der Waals surface area contributed by atoms with E-state index in [0.717, 1.165) is 53.4 Å². The van der Waals surface area contributed by atoms with Crippen molar-refractivity contribution in [3.8, 4) is 0 Å². The molecule has 0 unspecified atom stereocenters. The highest BCUT2D eigenvalue weighted by Crippen LogP contribution is 2.25. The maximum atomic E-state index is 8.24. The lowest BCUT2D eigenvalue weighted by Crippen LogP contribution is -2.01. The lowest BCUT2D eigenvalue weighted by atomic mass is 9.97. The van der Waals surface area contributed by atoms with Crippen LogP contribution in [0.5, 0.6) is 0 Å². The van der Waals surface area contributed by atoms with E-state index in [-0.39, 0.29) is 18.1 Å². The first kappa shape index (κ1) is 8.68. The largest absolute Gasteiger partial charge is 0.257 e. The van der Waals surface area contributed by atoms with Gasteiger partial charge in [-0.05, 0) is 30.7 Å². The highest BCUT2D eigenvalue weighted by Gasteiger charge is 2.10. The zero-order valence-electron chi connectivity index (χ0n) is 13.9. The van der Waals surface area contributed by atoms with Crippen molar-refractivity contribution in [2.45, 2.75) is 46.5 Å². The van der Waals surface area contributed by atoms with Crippen molar-refractivity contribution in [2.75, 3.05) is 0 Å². The van der Waals surface area contributed by atoms with Crippen LogP contribution in [-0.2, 0) is 12.8 Å². The Bertz CT molecular complexity index is 650. The van der Waals surface area contributed by atoms with E-state index in [4.69, 9.17) is 9.10 Å². The third-order valence-corrected chi connectivity index (χ3v) is 3.07. The highest BCUT2D eigenvalue weighted by atomic mass is 14.7. The van der Waals surface area contributed by atoms with Gasteiger partial charge in [-0.25, -0.2) is 0 Å². The standard InChI is InChI=1S/C16H21N/c1-4-8-15-14-11-7-6-10-13(14)12(3)17-16(15)9-5-2/h6-7,10-11H,4-5,8-9H2,1-3H3/i6D,7D,11D. The van der Waals surface area contributed by atoms with Crippen LogP contribution in [0.1, 0.15) is 47.8 Å². The molecular weight excluding hydrogens is 206 g/mol. The highest BCUT2D eigenvalue weighted by molar-refractivity contribution is 5.88. The van der Waals surface area contributed by atoms with Crippen molar-refractivity contribution in [3.63, 3.8) is 0 Å². The number of hydrogen-bond acceptors (Lipinski definition) is 1. The molecule has 0 saturated carbocycles. The first-order chi connectivity index (χ1) is 9.51. The number of benzene rings is 1. The lowest BCUT2D eigenvalue weighted by molar-refractivity contribution is 0.831. The number of nitrogens with zero attached hydrogens (tertiary/aromatic N) is 1. The van der Waals surface area contributed by atoms with Gasteiger partial charge in [0.05, 0.1) is 4.11 Å². The minimum absolute atomic E-state index is 0.0166. The predicted octanol–water partition coefficient (Wildman–Crippen LogP) is 4.45. The average Bonchev–Trinajstić information content (AvgIpc) is 2.41. The first-order valence-electron chi connectivity index (χ1n) is 7.90.